The van der Waals surface area contributed by atoms with Crippen molar-refractivity contribution in [2.45, 2.75) is 32.5 Å². The van der Waals surface area contributed by atoms with E-state index < -0.39 is 11.7 Å². The van der Waals surface area contributed by atoms with Crippen molar-refractivity contribution < 1.29 is 14.3 Å². The van der Waals surface area contributed by atoms with E-state index >= 15 is 0 Å². The Morgan fingerprint density at radius 3 is 2.71 bits per heavy atom. The molecule has 0 aliphatic rings. The Morgan fingerprint density at radius 2 is 2.29 bits per heavy atom. The highest BCUT2D eigenvalue weighted by molar-refractivity contribution is 9.10. The Kier molecular flexibility index (Phi) is 3.75. The molecule has 14 heavy (non-hydrogen) atoms. The standard InChI is InChI=1S/C10H15BrO3/c1-4-14-10(2,3)9(12)8-7(11)5-6-13-8/h5-6,9,12H,4H2,1-3H3. The fraction of sp³-hybridized carbons (Fsp3) is 0.600. The van der Waals surface area contributed by atoms with Crippen molar-refractivity contribution in [2.24, 2.45) is 0 Å². The van der Waals surface area contributed by atoms with E-state index in [-0.39, 0.29) is 0 Å². The predicted octanol–water partition coefficient (Wildman–Crippen LogP) is 2.89. The van der Waals surface area contributed by atoms with Gasteiger partial charge in [0.25, 0.3) is 0 Å². The highest BCUT2D eigenvalue weighted by atomic mass is 79.9. The molecule has 0 fully saturated rings. The summed E-state index contributed by atoms with van der Waals surface area (Å²) >= 11 is 3.30. The summed E-state index contributed by atoms with van der Waals surface area (Å²) in [5.41, 5.74) is -0.644. The molecule has 0 amide bonds. The third kappa shape index (κ3) is 2.38. The van der Waals surface area contributed by atoms with Crippen LogP contribution in [0.3, 0.4) is 0 Å². The number of ether oxygens (including phenoxy) is 1. The lowest BCUT2D eigenvalue weighted by molar-refractivity contribution is -0.105. The number of furan rings is 1. The second-order valence-corrected chi connectivity index (χ2v) is 4.43. The summed E-state index contributed by atoms with van der Waals surface area (Å²) in [6.45, 7) is 6.11. The Morgan fingerprint density at radius 1 is 1.64 bits per heavy atom. The number of rotatable bonds is 4. The van der Waals surface area contributed by atoms with Gasteiger partial charge in [-0.05, 0) is 42.8 Å². The number of aliphatic hydroxyl groups is 1. The maximum Gasteiger partial charge on any atom is 0.149 e. The van der Waals surface area contributed by atoms with Crippen molar-refractivity contribution in [2.75, 3.05) is 6.61 Å². The topological polar surface area (TPSA) is 42.6 Å². The van der Waals surface area contributed by atoms with Crippen LogP contribution in [0.25, 0.3) is 0 Å². The lowest BCUT2D eigenvalue weighted by Gasteiger charge is -2.29. The average molecular weight is 263 g/mol. The van der Waals surface area contributed by atoms with Gasteiger partial charge in [-0.1, -0.05) is 0 Å². The van der Waals surface area contributed by atoms with E-state index in [1.54, 1.807) is 6.07 Å². The summed E-state index contributed by atoms with van der Waals surface area (Å²) in [5.74, 6) is 0.503. The Bertz CT molecular complexity index is 293. The molecule has 1 rings (SSSR count). The van der Waals surface area contributed by atoms with Gasteiger partial charge in [-0.3, -0.25) is 0 Å². The van der Waals surface area contributed by atoms with E-state index in [0.29, 0.717) is 12.4 Å². The molecule has 0 aromatic carbocycles. The highest BCUT2D eigenvalue weighted by Gasteiger charge is 2.33. The SMILES string of the molecule is CCOC(C)(C)C(O)c1occc1Br. The fourth-order valence-corrected chi connectivity index (χ4v) is 1.69. The Balaban J connectivity index is 2.84. The van der Waals surface area contributed by atoms with E-state index in [1.165, 1.54) is 6.26 Å². The third-order valence-electron chi connectivity index (χ3n) is 2.07. The van der Waals surface area contributed by atoms with Crippen LogP contribution in [-0.2, 0) is 4.74 Å². The number of hydrogen-bond donors (Lipinski definition) is 1. The minimum atomic E-state index is -0.771. The van der Waals surface area contributed by atoms with Gasteiger partial charge in [0.2, 0.25) is 0 Å². The zero-order valence-corrected chi connectivity index (χ0v) is 10.2. The van der Waals surface area contributed by atoms with Gasteiger partial charge in [0, 0.05) is 6.61 Å². The Hall–Kier alpha value is -0.320. The van der Waals surface area contributed by atoms with Crippen molar-refractivity contribution in [1.82, 2.24) is 0 Å². The van der Waals surface area contributed by atoms with Crippen molar-refractivity contribution >= 4 is 15.9 Å². The van der Waals surface area contributed by atoms with Gasteiger partial charge < -0.3 is 14.3 Å². The molecular formula is C10H15BrO3. The molecule has 1 unspecified atom stereocenters. The van der Waals surface area contributed by atoms with Gasteiger partial charge in [-0.25, -0.2) is 0 Å². The lowest BCUT2D eigenvalue weighted by Crippen LogP contribution is -2.32. The smallest absolute Gasteiger partial charge is 0.149 e. The van der Waals surface area contributed by atoms with Crippen LogP contribution >= 0.6 is 15.9 Å². The van der Waals surface area contributed by atoms with Gasteiger partial charge in [0.05, 0.1) is 16.3 Å². The lowest BCUT2D eigenvalue weighted by atomic mass is 9.99. The van der Waals surface area contributed by atoms with E-state index in [9.17, 15) is 5.11 Å². The summed E-state index contributed by atoms with van der Waals surface area (Å²) in [4.78, 5) is 0. The van der Waals surface area contributed by atoms with Gasteiger partial charge in [-0.2, -0.15) is 0 Å². The third-order valence-corrected chi connectivity index (χ3v) is 2.72. The van der Waals surface area contributed by atoms with Crippen LogP contribution in [-0.4, -0.2) is 17.3 Å². The molecule has 0 bridgehead atoms. The van der Waals surface area contributed by atoms with Crippen LogP contribution in [0.4, 0.5) is 0 Å². The normalized spacial score (nSPS) is 14.4. The molecule has 1 atom stereocenters. The van der Waals surface area contributed by atoms with Crippen molar-refractivity contribution in [3.05, 3.63) is 22.6 Å². The van der Waals surface area contributed by atoms with Gasteiger partial charge in [0.1, 0.15) is 11.9 Å². The number of aliphatic hydroxyl groups excluding tert-OH is 1. The van der Waals surface area contributed by atoms with Gasteiger partial charge >= 0.3 is 0 Å². The summed E-state index contributed by atoms with van der Waals surface area (Å²) < 4.78 is 11.4. The Labute approximate surface area is 92.2 Å². The zero-order valence-electron chi connectivity index (χ0n) is 8.58. The molecule has 1 heterocycles. The number of halogens is 1. The minimum absolute atomic E-state index is 0.503. The van der Waals surface area contributed by atoms with Gasteiger partial charge in [0.15, 0.2) is 0 Å². The second kappa shape index (κ2) is 4.47. The van der Waals surface area contributed by atoms with E-state index in [4.69, 9.17) is 9.15 Å². The van der Waals surface area contributed by atoms with Gasteiger partial charge in [-0.15, -0.1) is 0 Å². The molecule has 0 spiro atoms. The fourth-order valence-electron chi connectivity index (χ4n) is 1.27. The van der Waals surface area contributed by atoms with E-state index in [1.807, 2.05) is 20.8 Å². The molecule has 0 aliphatic carbocycles. The monoisotopic (exact) mass is 262 g/mol. The first-order chi connectivity index (χ1) is 6.49. The molecule has 1 N–H and O–H groups in total. The van der Waals surface area contributed by atoms with Crippen LogP contribution < -0.4 is 0 Å². The van der Waals surface area contributed by atoms with Crippen molar-refractivity contribution in [3.8, 4) is 0 Å². The van der Waals surface area contributed by atoms with Crippen LogP contribution in [0, 0.1) is 0 Å². The van der Waals surface area contributed by atoms with Crippen LogP contribution in [0.2, 0.25) is 0 Å². The maximum atomic E-state index is 10.0. The molecule has 0 saturated carbocycles. The van der Waals surface area contributed by atoms with Crippen LogP contribution in [0.5, 0.6) is 0 Å². The molecule has 80 valence electrons. The van der Waals surface area contributed by atoms with Crippen molar-refractivity contribution in [1.29, 1.82) is 0 Å². The summed E-state index contributed by atoms with van der Waals surface area (Å²) in [6, 6.07) is 1.75. The van der Waals surface area contributed by atoms with Crippen LogP contribution in [0.1, 0.15) is 32.6 Å². The largest absolute Gasteiger partial charge is 0.465 e. The van der Waals surface area contributed by atoms with E-state index in [2.05, 4.69) is 15.9 Å². The average Bonchev–Trinajstić information content (AvgIpc) is 2.50. The predicted molar refractivity (Wildman–Crippen MR) is 57.1 cm³/mol. The van der Waals surface area contributed by atoms with Crippen LogP contribution in [0.15, 0.2) is 21.2 Å². The van der Waals surface area contributed by atoms with Crippen molar-refractivity contribution in [3.63, 3.8) is 0 Å². The zero-order chi connectivity index (χ0) is 10.8. The summed E-state index contributed by atoms with van der Waals surface area (Å²) in [6.07, 6.45) is 0.761. The first-order valence-corrected chi connectivity index (χ1v) is 5.33. The molecule has 0 saturated heterocycles. The summed E-state index contributed by atoms with van der Waals surface area (Å²) in [5, 5.41) is 10.0. The molecule has 3 nitrogen and oxygen atoms in total. The first kappa shape index (κ1) is 11.8. The summed E-state index contributed by atoms with van der Waals surface area (Å²) in [7, 11) is 0. The first-order valence-electron chi connectivity index (χ1n) is 4.54. The highest BCUT2D eigenvalue weighted by Crippen LogP contribution is 2.33. The minimum Gasteiger partial charge on any atom is -0.465 e. The van der Waals surface area contributed by atoms with E-state index in [0.717, 1.165) is 4.47 Å². The second-order valence-electron chi connectivity index (χ2n) is 3.57. The molecular weight excluding hydrogens is 248 g/mol. The molecule has 0 aliphatic heterocycles. The molecule has 0 radical (unpaired) electrons. The molecule has 1 aromatic heterocycles. The quantitative estimate of drug-likeness (QED) is 0.908. The maximum absolute atomic E-state index is 10.0. The molecule has 4 heteroatoms. The molecule has 1 aromatic rings. The number of hydrogen-bond acceptors (Lipinski definition) is 3.